The topological polar surface area (TPSA) is 71.7 Å². The molecule has 0 atom stereocenters. The number of fused-ring (bicyclic) bond motifs is 1. The minimum atomic E-state index is 0. The van der Waals surface area contributed by atoms with Crippen LogP contribution in [0, 0.1) is 0 Å². The molecule has 4 rings (SSSR count). The molecule has 2 aliphatic heterocycles. The summed E-state index contributed by atoms with van der Waals surface area (Å²) in [6, 6.07) is 10.0. The van der Waals surface area contributed by atoms with Gasteiger partial charge in [0.25, 0.3) is 0 Å². The minimum Gasteiger partial charge on any atom is -0.467 e. The predicted octanol–water partition coefficient (Wildman–Crippen LogP) is 2.93. The number of benzene rings is 1. The van der Waals surface area contributed by atoms with Crippen LogP contribution in [0.5, 0.6) is 11.5 Å². The number of guanidine groups is 1. The first-order valence-electron chi connectivity index (χ1n) is 10.5. The van der Waals surface area contributed by atoms with Crippen LogP contribution < -0.4 is 14.8 Å². The molecule has 0 aliphatic carbocycles. The molecule has 0 bridgehead atoms. The van der Waals surface area contributed by atoms with E-state index < -0.39 is 0 Å². The lowest BCUT2D eigenvalue weighted by atomic mass is 10.1. The maximum Gasteiger partial charge on any atom is 0.231 e. The molecule has 0 saturated carbocycles. The highest BCUT2D eigenvalue weighted by Gasteiger charge is 2.20. The summed E-state index contributed by atoms with van der Waals surface area (Å²) < 4.78 is 21.8. The van der Waals surface area contributed by atoms with Crippen LogP contribution in [-0.4, -0.2) is 68.9 Å². The molecule has 2 aliphatic rings. The van der Waals surface area contributed by atoms with E-state index in [4.69, 9.17) is 18.6 Å². The lowest BCUT2D eigenvalue weighted by Crippen LogP contribution is -2.52. The third-order valence-electron chi connectivity index (χ3n) is 5.30. The lowest BCUT2D eigenvalue weighted by molar-refractivity contribution is 0.104. The van der Waals surface area contributed by atoms with Crippen LogP contribution in [0.1, 0.15) is 17.7 Å². The molecule has 1 aromatic carbocycles. The van der Waals surface area contributed by atoms with Crippen molar-refractivity contribution in [3.8, 4) is 11.5 Å². The van der Waals surface area contributed by atoms with E-state index in [9.17, 15) is 0 Å². The Balaban J connectivity index is 0.00000272. The molecule has 0 unspecified atom stereocenters. The van der Waals surface area contributed by atoms with Gasteiger partial charge in [0, 0.05) is 52.9 Å². The van der Waals surface area contributed by atoms with E-state index in [1.165, 1.54) is 5.56 Å². The fourth-order valence-electron chi connectivity index (χ4n) is 3.69. The fraction of sp³-hybridized carbons (Fsp3) is 0.500. The Morgan fingerprint density at radius 3 is 2.74 bits per heavy atom. The van der Waals surface area contributed by atoms with E-state index in [1.807, 2.05) is 25.2 Å². The summed E-state index contributed by atoms with van der Waals surface area (Å²) in [5.41, 5.74) is 1.25. The number of nitrogens with zero attached hydrogens (tertiary/aromatic N) is 3. The first-order valence-corrected chi connectivity index (χ1v) is 10.5. The highest BCUT2D eigenvalue weighted by Crippen LogP contribution is 2.32. The summed E-state index contributed by atoms with van der Waals surface area (Å²) in [6.45, 7) is 7.20. The van der Waals surface area contributed by atoms with Gasteiger partial charge in [-0.05, 0) is 36.2 Å². The minimum absolute atomic E-state index is 0. The highest BCUT2D eigenvalue weighted by molar-refractivity contribution is 14.0. The van der Waals surface area contributed by atoms with E-state index in [2.05, 4.69) is 32.2 Å². The van der Waals surface area contributed by atoms with Gasteiger partial charge in [0.05, 0.1) is 6.26 Å². The molecule has 1 fully saturated rings. The summed E-state index contributed by atoms with van der Waals surface area (Å²) in [5, 5.41) is 3.45. The van der Waals surface area contributed by atoms with Crippen molar-refractivity contribution < 1.29 is 18.6 Å². The third kappa shape index (κ3) is 6.75. The van der Waals surface area contributed by atoms with Crippen molar-refractivity contribution in [1.29, 1.82) is 0 Å². The Bertz CT molecular complexity index is 823. The molecule has 1 aromatic heterocycles. The number of nitrogens with one attached hydrogen (secondary N) is 1. The maximum absolute atomic E-state index is 5.63. The standard InChI is InChI=1S/C22H30N4O4.HI/c1-23-22(24-7-3-12-27-16-19-4-2-13-28-19)26-10-8-25(9-11-26)15-18-5-6-20-21(14-18)30-17-29-20;/h2,4-6,13-14H,3,7-12,15-17H2,1H3,(H,23,24);1H. The zero-order chi connectivity index (χ0) is 20.6. The van der Waals surface area contributed by atoms with Crippen molar-refractivity contribution in [2.75, 3.05) is 53.2 Å². The van der Waals surface area contributed by atoms with Crippen molar-refractivity contribution >= 4 is 29.9 Å². The highest BCUT2D eigenvalue weighted by atomic mass is 127. The normalized spacial score (nSPS) is 16.3. The molecule has 1 saturated heterocycles. The van der Waals surface area contributed by atoms with Gasteiger partial charge in [0.1, 0.15) is 12.4 Å². The monoisotopic (exact) mass is 542 g/mol. The number of aliphatic imine (C=N–C) groups is 1. The number of piperazine rings is 1. The third-order valence-corrected chi connectivity index (χ3v) is 5.30. The van der Waals surface area contributed by atoms with Gasteiger partial charge >= 0.3 is 0 Å². The van der Waals surface area contributed by atoms with Crippen molar-refractivity contribution in [3.05, 3.63) is 47.9 Å². The molecule has 0 amide bonds. The van der Waals surface area contributed by atoms with Crippen LogP contribution in [0.15, 0.2) is 46.0 Å². The predicted molar refractivity (Wildman–Crippen MR) is 129 cm³/mol. The van der Waals surface area contributed by atoms with Crippen LogP contribution >= 0.6 is 24.0 Å². The Labute approximate surface area is 200 Å². The average Bonchev–Trinajstić information content (AvgIpc) is 3.46. The Morgan fingerprint density at radius 1 is 1.13 bits per heavy atom. The van der Waals surface area contributed by atoms with E-state index in [-0.39, 0.29) is 24.0 Å². The van der Waals surface area contributed by atoms with E-state index in [1.54, 1.807) is 6.26 Å². The van der Waals surface area contributed by atoms with Gasteiger partial charge < -0.3 is 28.8 Å². The van der Waals surface area contributed by atoms with E-state index in [0.717, 1.165) is 68.9 Å². The lowest BCUT2D eigenvalue weighted by Gasteiger charge is -2.36. The van der Waals surface area contributed by atoms with Gasteiger partial charge in [-0.2, -0.15) is 0 Å². The van der Waals surface area contributed by atoms with Gasteiger partial charge in [-0.3, -0.25) is 9.89 Å². The molecule has 31 heavy (non-hydrogen) atoms. The summed E-state index contributed by atoms with van der Waals surface area (Å²) in [7, 11) is 1.84. The largest absolute Gasteiger partial charge is 0.467 e. The average molecular weight is 542 g/mol. The van der Waals surface area contributed by atoms with E-state index in [0.29, 0.717) is 20.0 Å². The maximum atomic E-state index is 5.63. The zero-order valence-corrected chi connectivity index (χ0v) is 20.2. The molecule has 170 valence electrons. The molecule has 0 spiro atoms. The SMILES string of the molecule is CN=C(NCCCOCc1ccco1)N1CCN(Cc2ccc3c(c2)OCO3)CC1.I. The molecule has 8 nitrogen and oxygen atoms in total. The number of hydrogen-bond acceptors (Lipinski definition) is 6. The Kier molecular flexibility index (Phi) is 9.29. The van der Waals surface area contributed by atoms with Gasteiger partial charge in [-0.15, -0.1) is 24.0 Å². The molecular weight excluding hydrogens is 511 g/mol. The number of halogens is 1. The Hall–Kier alpha value is -1.98. The van der Waals surface area contributed by atoms with Crippen molar-refractivity contribution in [3.63, 3.8) is 0 Å². The van der Waals surface area contributed by atoms with Crippen LogP contribution in [0.25, 0.3) is 0 Å². The number of rotatable bonds is 8. The smallest absolute Gasteiger partial charge is 0.231 e. The first-order chi connectivity index (χ1) is 14.8. The van der Waals surface area contributed by atoms with E-state index >= 15 is 0 Å². The van der Waals surface area contributed by atoms with Gasteiger partial charge in [-0.1, -0.05) is 6.07 Å². The molecule has 3 heterocycles. The van der Waals surface area contributed by atoms with Crippen LogP contribution in [0.2, 0.25) is 0 Å². The summed E-state index contributed by atoms with van der Waals surface area (Å²) in [6.07, 6.45) is 2.59. The van der Waals surface area contributed by atoms with Gasteiger partial charge in [-0.25, -0.2) is 0 Å². The number of ether oxygens (including phenoxy) is 3. The van der Waals surface area contributed by atoms with Gasteiger partial charge in [0.2, 0.25) is 6.79 Å². The second-order valence-corrected chi connectivity index (χ2v) is 7.41. The van der Waals surface area contributed by atoms with Crippen LogP contribution in [0.3, 0.4) is 0 Å². The Morgan fingerprint density at radius 2 is 1.97 bits per heavy atom. The van der Waals surface area contributed by atoms with Crippen molar-refractivity contribution in [1.82, 2.24) is 15.1 Å². The fourth-order valence-corrected chi connectivity index (χ4v) is 3.69. The number of furan rings is 1. The summed E-state index contributed by atoms with van der Waals surface area (Å²) in [5.74, 6) is 3.51. The summed E-state index contributed by atoms with van der Waals surface area (Å²) >= 11 is 0. The molecule has 0 radical (unpaired) electrons. The van der Waals surface area contributed by atoms with Gasteiger partial charge in [0.15, 0.2) is 17.5 Å². The number of hydrogen-bond donors (Lipinski definition) is 1. The summed E-state index contributed by atoms with van der Waals surface area (Å²) in [4.78, 5) is 9.23. The molecule has 9 heteroatoms. The molecule has 1 N–H and O–H groups in total. The van der Waals surface area contributed by atoms with Crippen LogP contribution in [0.4, 0.5) is 0 Å². The molecule has 2 aromatic rings. The zero-order valence-electron chi connectivity index (χ0n) is 17.9. The molecular formula is C22H31IN4O4. The second kappa shape index (κ2) is 12.2. The van der Waals surface area contributed by atoms with Crippen LogP contribution in [-0.2, 0) is 17.9 Å². The quantitative estimate of drug-likeness (QED) is 0.238. The van der Waals surface area contributed by atoms with Crippen molar-refractivity contribution in [2.24, 2.45) is 4.99 Å². The second-order valence-electron chi connectivity index (χ2n) is 7.41. The first kappa shape index (κ1) is 23.7. The van der Waals surface area contributed by atoms with Crippen molar-refractivity contribution in [2.45, 2.75) is 19.6 Å².